The molecule has 0 radical (unpaired) electrons. The van der Waals surface area contributed by atoms with Gasteiger partial charge in [0.05, 0.1) is 0 Å². The van der Waals surface area contributed by atoms with Crippen molar-refractivity contribution in [3.8, 4) is 0 Å². The molecular formula is C11H17N3S. The van der Waals surface area contributed by atoms with Crippen LogP contribution in [0.2, 0.25) is 0 Å². The van der Waals surface area contributed by atoms with Gasteiger partial charge in [0.2, 0.25) is 5.95 Å². The van der Waals surface area contributed by atoms with Crippen LogP contribution in [0.5, 0.6) is 0 Å². The highest BCUT2D eigenvalue weighted by Crippen LogP contribution is 2.23. The summed E-state index contributed by atoms with van der Waals surface area (Å²) in [5.41, 5.74) is 1.12. The van der Waals surface area contributed by atoms with Crippen molar-refractivity contribution in [1.82, 2.24) is 9.97 Å². The Balaban J connectivity index is 2.06. The Bertz CT molecular complexity index is 312. The second-order valence-electron chi connectivity index (χ2n) is 3.91. The molecule has 3 nitrogen and oxygen atoms in total. The van der Waals surface area contributed by atoms with Gasteiger partial charge in [-0.3, -0.25) is 0 Å². The lowest BCUT2D eigenvalue weighted by atomic mass is 10.3. The lowest BCUT2D eigenvalue weighted by Crippen LogP contribution is -2.38. The molecule has 2 heterocycles. The summed E-state index contributed by atoms with van der Waals surface area (Å²) in [6.45, 7) is 6.43. The van der Waals surface area contributed by atoms with Crippen LogP contribution in [0.3, 0.4) is 0 Å². The average Bonchev–Trinajstić information content (AvgIpc) is 2.30. The van der Waals surface area contributed by atoms with Crippen LogP contribution >= 0.6 is 11.8 Å². The van der Waals surface area contributed by atoms with E-state index in [-0.39, 0.29) is 0 Å². The fraction of sp³-hybridized carbons (Fsp3) is 0.636. The predicted octanol–water partition coefficient (Wildman–Crippen LogP) is 2.12. The van der Waals surface area contributed by atoms with Crippen molar-refractivity contribution in [3.05, 3.63) is 18.0 Å². The maximum Gasteiger partial charge on any atom is 0.225 e. The summed E-state index contributed by atoms with van der Waals surface area (Å²) in [7, 11) is 0. The van der Waals surface area contributed by atoms with Gasteiger partial charge in [-0.25, -0.2) is 9.97 Å². The molecule has 1 atom stereocenters. The van der Waals surface area contributed by atoms with Gasteiger partial charge in [0.15, 0.2) is 0 Å². The number of hydrogen-bond acceptors (Lipinski definition) is 4. The lowest BCUT2D eigenvalue weighted by molar-refractivity contribution is 0.709. The van der Waals surface area contributed by atoms with Gasteiger partial charge in [-0.1, -0.05) is 6.92 Å². The van der Waals surface area contributed by atoms with E-state index in [0.29, 0.717) is 0 Å². The molecule has 0 saturated carbocycles. The Morgan fingerprint density at radius 1 is 1.47 bits per heavy atom. The number of hydrogen-bond donors (Lipinski definition) is 0. The van der Waals surface area contributed by atoms with Gasteiger partial charge in [0, 0.05) is 36.5 Å². The fourth-order valence-electron chi connectivity index (χ4n) is 1.70. The monoisotopic (exact) mass is 223 g/mol. The topological polar surface area (TPSA) is 29.0 Å². The van der Waals surface area contributed by atoms with Crippen LogP contribution in [0, 0.1) is 6.92 Å². The molecule has 0 aliphatic carbocycles. The van der Waals surface area contributed by atoms with Crippen LogP contribution in [0.1, 0.15) is 18.9 Å². The fourth-order valence-corrected chi connectivity index (χ4v) is 2.88. The van der Waals surface area contributed by atoms with Crippen molar-refractivity contribution in [2.75, 3.05) is 23.7 Å². The third kappa shape index (κ3) is 2.62. The van der Waals surface area contributed by atoms with E-state index in [1.165, 1.54) is 12.2 Å². The molecule has 1 aromatic rings. The molecule has 1 aliphatic heterocycles. The first-order valence-electron chi connectivity index (χ1n) is 5.45. The molecule has 0 amide bonds. The third-order valence-corrected chi connectivity index (χ3v) is 4.02. The summed E-state index contributed by atoms with van der Waals surface area (Å²) in [5, 5.41) is 0.739. The molecule has 0 bridgehead atoms. The van der Waals surface area contributed by atoms with Crippen molar-refractivity contribution in [1.29, 1.82) is 0 Å². The Morgan fingerprint density at radius 2 is 2.20 bits per heavy atom. The molecule has 82 valence electrons. The first kappa shape index (κ1) is 10.7. The van der Waals surface area contributed by atoms with E-state index in [2.05, 4.69) is 33.6 Å². The van der Waals surface area contributed by atoms with Gasteiger partial charge in [-0.05, 0) is 18.9 Å². The van der Waals surface area contributed by atoms with Crippen molar-refractivity contribution in [2.45, 2.75) is 25.5 Å². The summed E-state index contributed by atoms with van der Waals surface area (Å²) in [6.07, 6.45) is 5.02. The SMILES string of the molecule is CCC1CN(c2ncc(C)cn2)CCS1. The second kappa shape index (κ2) is 4.84. The van der Waals surface area contributed by atoms with Gasteiger partial charge in [-0.15, -0.1) is 0 Å². The van der Waals surface area contributed by atoms with Gasteiger partial charge in [0.25, 0.3) is 0 Å². The van der Waals surface area contributed by atoms with Gasteiger partial charge in [0.1, 0.15) is 0 Å². The Hall–Kier alpha value is -0.770. The first-order valence-corrected chi connectivity index (χ1v) is 6.49. The van der Waals surface area contributed by atoms with Crippen molar-refractivity contribution in [2.24, 2.45) is 0 Å². The van der Waals surface area contributed by atoms with Crippen molar-refractivity contribution >= 4 is 17.7 Å². The van der Waals surface area contributed by atoms with Crippen molar-refractivity contribution < 1.29 is 0 Å². The van der Waals surface area contributed by atoms with Crippen LogP contribution in [0.4, 0.5) is 5.95 Å². The molecule has 2 rings (SSSR count). The second-order valence-corrected chi connectivity index (χ2v) is 5.32. The highest BCUT2D eigenvalue weighted by atomic mass is 32.2. The quantitative estimate of drug-likeness (QED) is 0.768. The van der Waals surface area contributed by atoms with E-state index in [9.17, 15) is 0 Å². The van der Waals surface area contributed by atoms with Crippen LogP contribution in [0.25, 0.3) is 0 Å². The third-order valence-electron chi connectivity index (χ3n) is 2.64. The van der Waals surface area contributed by atoms with E-state index in [0.717, 1.165) is 29.9 Å². The number of aryl methyl sites for hydroxylation is 1. The van der Waals surface area contributed by atoms with E-state index in [1.807, 2.05) is 19.3 Å². The number of thioether (sulfide) groups is 1. The zero-order valence-electron chi connectivity index (χ0n) is 9.31. The number of nitrogens with zero attached hydrogens (tertiary/aromatic N) is 3. The van der Waals surface area contributed by atoms with Crippen LogP contribution < -0.4 is 4.90 Å². The molecule has 1 aliphatic rings. The summed E-state index contributed by atoms with van der Waals surface area (Å²) in [6, 6.07) is 0. The Morgan fingerprint density at radius 3 is 2.87 bits per heavy atom. The highest BCUT2D eigenvalue weighted by Gasteiger charge is 2.20. The maximum absolute atomic E-state index is 4.38. The Labute approximate surface area is 95.3 Å². The summed E-state index contributed by atoms with van der Waals surface area (Å²) < 4.78 is 0. The largest absolute Gasteiger partial charge is 0.339 e. The smallest absolute Gasteiger partial charge is 0.225 e. The van der Waals surface area contributed by atoms with Crippen LogP contribution in [0.15, 0.2) is 12.4 Å². The zero-order valence-corrected chi connectivity index (χ0v) is 10.1. The van der Waals surface area contributed by atoms with Gasteiger partial charge >= 0.3 is 0 Å². The zero-order chi connectivity index (χ0) is 10.7. The first-order chi connectivity index (χ1) is 7.29. The number of rotatable bonds is 2. The minimum Gasteiger partial charge on any atom is -0.339 e. The standard InChI is InChI=1S/C11H17N3S/c1-3-10-8-14(4-5-15-10)11-12-6-9(2)7-13-11/h6-7,10H,3-5,8H2,1-2H3. The molecular weight excluding hydrogens is 206 g/mol. The lowest BCUT2D eigenvalue weighted by Gasteiger charge is -2.31. The van der Waals surface area contributed by atoms with Crippen LogP contribution in [-0.2, 0) is 0 Å². The van der Waals surface area contributed by atoms with E-state index in [1.54, 1.807) is 0 Å². The normalized spacial score (nSPS) is 21.7. The summed E-state index contributed by atoms with van der Waals surface area (Å²) in [4.78, 5) is 11.0. The van der Waals surface area contributed by atoms with Crippen molar-refractivity contribution in [3.63, 3.8) is 0 Å². The predicted molar refractivity (Wildman–Crippen MR) is 65.5 cm³/mol. The molecule has 0 N–H and O–H groups in total. The molecule has 1 fully saturated rings. The summed E-state index contributed by atoms with van der Waals surface area (Å²) >= 11 is 2.07. The highest BCUT2D eigenvalue weighted by molar-refractivity contribution is 8.00. The Kier molecular flexibility index (Phi) is 3.46. The molecule has 4 heteroatoms. The van der Waals surface area contributed by atoms with Gasteiger partial charge < -0.3 is 4.90 Å². The van der Waals surface area contributed by atoms with Crippen LogP contribution in [-0.4, -0.2) is 34.1 Å². The molecule has 1 saturated heterocycles. The minimum atomic E-state index is 0.739. The maximum atomic E-state index is 4.38. The molecule has 1 aromatic heterocycles. The average molecular weight is 223 g/mol. The molecule has 15 heavy (non-hydrogen) atoms. The number of anilines is 1. The van der Waals surface area contributed by atoms with Gasteiger partial charge in [-0.2, -0.15) is 11.8 Å². The van der Waals surface area contributed by atoms with E-state index >= 15 is 0 Å². The molecule has 0 spiro atoms. The van der Waals surface area contributed by atoms with E-state index in [4.69, 9.17) is 0 Å². The minimum absolute atomic E-state index is 0.739. The molecule has 0 aromatic carbocycles. The number of aromatic nitrogens is 2. The van der Waals surface area contributed by atoms with E-state index < -0.39 is 0 Å². The summed E-state index contributed by atoms with van der Waals surface area (Å²) in [5.74, 6) is 2.08. The molecule has 1 unspecified atom stereocenters.